The van der Waals surface area contributed by atoms with Gasteiger partial charge in [-0.25, -0.2) is 9.97 Å². The highest BCUT2D eigenvalue weighted by molar-refractivity contribution is 7.14. The number of anilines is 1. The topological polar surface area (TPSA) is 70.7 Å². The minimum atomic E-state index is 0. The molecule has 3 aromatic rings. The number of rotatable bonds is 4. The van der Waals surface area contributed by atoms with Crippen LogP contribution in [0.2, 0.25) is 0 Å². The van der Waals surface area contributed by atoms with Gasteiger partial charge in [-0.1, -0.05) is 12.8 Å². The molecule has 0 saturated heterocycles. The highest BCUT2D eigenvalue weighted by atomic mass is 32.1. The largest absolute Gasteiger partial charge is 0.346 e. The molecular weight excluding hydrogens is 308 g/mol. The van der Waals surface area contributed by atoms with Crippen molar-refractivity contribution < 1.29 is 7.65 Å². The number of carbonyl (C=O) groups excluding carboxylic acids is 1. The second kappa shape index (κ2) is 6.12. The van der Waals surface area contributed by atoms with E-state index in [1.165, 1.54) is 37.0 Å². The first kappa shape index (κ1) is 14.4. The highest BCUT2D eigenvalue weighted by Gasteiger charge is 2.19. The number of hydrogen-bond donors (Lipinski definition) is 2. The molecule has 0 bridgehead atoms. The first-order valence-corrected chi connectivity index (χ1v) is 8.85. The van der Waals surface area contributed by atoms with Crippen molar-refractivity contribution in [2.75, 3.05) is 5.32 Å². The number of aromatic nitrogens is 3. The van der Waals surface area contributed by atoms with Gasteiger partial charge in [0, 0.05) is 38.0 Å². The summed E-state index contributed by atoms with van der Waals surface area (Å²) in [6.07, 6.45) is 9.13. The average molecular weight is 330 g/mol. The number of pyridine rings is 1. The van der Waals surface area contributed by atoms with E-state index >= 15 is 0 Å². The van der Waals surface area contributed by atoms with Gasteiger partial charge in [0.25, 0.3) is 0 Å². The Kier molecular flexibility index (Phi) is 3.83. The Morgan fingerprint density at radius 1 is 1.39 bits per heavy atom. The summed E-state index contributed by atoms with van der Waals surface area (Å²) in [5.41, 5.74) is 2.75. The summed E-state index contributed by atoms with van der Waals surface area (Å²) < 4.78 is 0. The number of nitrogens with zero attached hydrogens (tertiary/aromatic N) is 2. The smallest absolute Gasteiger partial charge is 0.226 e. The van der Waals surface area contributed by atoms with Gasteiger partial charge in [0.15, 0.2) is 5.13 Å². The lowest BCUT2D eigenvalue weighted by molar-refractivity contribution is -0.117. The van der Waals surface area contributed by atoms with E-state index in [9.17, 15) is 4.79 Å². The number of carbonyl (C=O) groups is 1. The number of amides is 1. The van der Waals surface area contributed by atoms with Crippen LogP contribution in [0.1, 0.15) is 35.0 Å². The van der Waals surface area contributed by atoms with E-state index in [0.29, 0.717) is 17.5 Å². The van der Waals surface area contributed by atoms with Gasteiger partial charge in [0.05, 0.1) is 5.69 Å². The number of nitrogens with one attached hydrogen (secondary N) is 2. The van der Waals surface area contributed by atoms with Crippen LogP contribution in [0.15, 0.2) is 29.9 Å². The van der Waals surface area contributed by atoms with E-state index < -0.39 is 0 Å². The second-order valence-corrected chi connectivity index (χ2v) is 6.90. The van der Waals surface area contributed by atoms with E-state index in [1.807, 2.05) is 23.7 Å². The first-order valence-electron chi connectivity index (χ1n) is 7.97. The molecule has 0 aliphatic heterocycles. The molecule has 6 heteroatoms. The molecule has 0 unspecified atom stereocenters. The number of hydrogen-bond acceptors (Lipinski definition) is 4. The van der Waals surface area contributed by atoms with E-state index in [0.717, 1.165) is 22.3 Å². The molecule has 0 spiro atoms. The Labute approximate surface area is 141 Å². The van der Waals surface area contributed by atoms with Gasteiger partial charge in [-0.15, -0.1) is 11.3 Å². The summed E-state index contributed by atoms with van der Waals surface area (Å²) in [7, 11) is 0. The van der Waals surface area contributed by atoms with Crippen LogP contribution in [0, 0.1) is 5.92 Å². The van der Waals surface area contributed by atoms with Gasteiger partial charge >= 0.3 is 0 Å². The fourth-order valence-corrected chi connectivity index (χ4v) is 4.01. The Bertz CT molecular complexity index is 842. The van der Waals surface area contributed by atoms with Gasteiger partial charge in [-0.2, -0.15) is 0 Å². The monoisotopic (exact) mass is 330 g/mol. The molecule has 3 heterocycles. The van der Waals surface area contributed by atoms with E-state index in [-0.39, 0.29) is 8.76 Å². The molecule has 122 valence electrons. The summed E-state index contributed by atoms with van der Waals surface area (Å²) in [4.78, 5) is 24.1. The summed E-state index contributed by atoms with van der Waals surface area (Å²) in [6, 6.07) is 3.95. The lowest BCUT2D eigenvalue weighted by atomic mass is 10.0. The van der Waals surface area contributed by atoms with Crippen molar-refractivity contribution in [3.63, 3.8) is 0 Å². The molecule has 1 fully saturated rings. The van der Waals surface area contributed by atoms with Gasteiger partial charge in [0.2, 0.25) is 5.91 Å². The lowest BCUT2D eigenvalue weighted by Crippen LogP contribution is -2.14. The summed E-state index contributed by atoms with van der Waals surface area (Å²) in [5, 5.41) is 6.64. The van der Waals surface area contributed by atoms with Crippen LogP contribution >= 0.6 is 11.3 Å². The zero-order valence-electron chi connectivity index (χ0n) is 12.7. The molecule has 2 N–H and O–H groups in total. The SMILES string of the molecule is O=C(CC1CCCC1)Nc1nc(-c2ccnc3[nH]ccc23)cs1.[HH].[HH]. The van der Waals surface area contributed by atoms with Crippen molar-refractivity contribution in [3.05, 3.63) is 29.9 Å². The van der Waals surface area contributed by atoms with Crippen LogP contribution < -0.4 is 5.32 Å². The van der Waals surface area contributed by atoms with Crippen molar-refractivity contribution in [2.45, 2.75) is 32.1 Å². The number of thiazole rings is 1. The number of fused-ring (bicyclic) bond motifs is 1. The lowest BCUT2D eigenvalue weighted by Gasteiger charge is -2.07. The van der Waals surface area contributed by atoms with Crippen LogP contribution in [0.3, 0.4) is 0 Å². The van der Waals surface area contributed by atoms with Crippen LogP contribution in [0.4, 0.5) is 5.13 Å². The maximum atomic E-state index is 12.1. The van der Waals surface area contributed by atoms with E-state index in [2.05, 4.69) is 20.3 Å². The molecular formula is C17H22N4OS. The van der Waals surface area contributed by atoms with Crippen molar-refractivity contribution in [1.29, 1.82) is 0 Å². The molecule has 0 aromatic carbocycles. The van der Waals surface area contributed by atoms with E-state index in [1.54, 1.807) is 6.20 Å². The molecule has 0 atom stereocenters. The Morgan fingerprint density at radius 3 is 3.13 bits per heavy atom. The summed E-state index contributed by atoms with van der Waals surface area (Å²) in [5.74, 6) is 0.633. The molecule has 3 aromatic heterocycles. The fraction of sp³-hybridized carbons (Fsp3) is 0.353. The predicted octanol–water partition coefficient (Wildman–Crippen LogP) is 4.70. The van der Waals surface area contributed by atoms with Crippen molar-refractivity contribution in [2.24, 2.45) is 5.92 Å². The third kappa shape index (κ3) is 2.99. The molecule has 1 amide bonds. The zero-order chi connectivity index (χ0) is 15.6. The van der Waals surface area contributed by atoms with Crippen molar-refractivity contribution in [3.8, 4) is 11.3 Å². The average Bonchev–Trinajstić information content (AvgIpc) is 3.27. The maximum absolute atomic E-state index is 12.1. The summed E-state index contributed by atoms with van der Waals surface area (Å²) >= 11 is 1.47. The van der Waals surface area contributed by atoms with Crippen molar-refractivity contribution in [1.82, 2.24) is 15.0 Å². The summed E-state index contributed by atoms with van der Waals surface area (Å²) in [6.45, 7) is 0. The molecule has 1 aliphatic rings. The van der Waals surface area contributed by atoms with Gasteiger partial charge in [-0.05, 0) is 30.9 Å². The molecule has 1 aliphatic carbocycles. The zero-order valence-corrected chi connectivity index (χ0v) is 13.5. The van der Waals surface area contributed by atoms with E-state index in [4.69, 9.17) is 0 Å². The van der Waals surface area contributed by atoms with Crippen molar-refractivity contribution >= 4 is 33.4 Å². The normalized spacial score (nSPS) is 15.3. The quantitative estimate of drug-likeness (QED) is 0.728. The number of H-pyrrole nitrogens is 1. The predicted molar refractivity (Wildman–Crippen MR) is 96.6 cm³/mol. The number of aromatic amines is 1. The second-order valence-electron chi connectivity index (χ2n) is 6.04. The van der Waals surface area contributed by atoms with Gasteiger partial charge in [-0.3, -0.25) is 4.79 Å². The van der Waals surface area contributed by atoms with Crippen LogP contribution in [-0.2, 0) is 4.79 Å². The maximum Gasteiger partial charge on any atom is 0.226 e. The molecule has 5 nitrogen and oxygen atoms in total. The molecule has 4 rings (SSSR count). The fourth-order valence-electron chi connectivity index (χ4n) is 3.29. The van der Waals surface area contributed by atoms with Crippen LogP contribution in [0.5, 0.6) is 0 Å². The molecule has 1 saturated carbocycles. The molecule has 23 heavy (non-hydrogen) atoms. The third-order valence-corrected chi connectivity index (χ3v) is 5.19. The van der Waals surface area contributed by atoms with Gasteiger partial charge < -0.3 is 10.3 Å². The molecule has 0 radical (unpaired) electrons. The van der Waals surface area contributed by atoms with Gasteiger partial charge in [0.1, 0.15) is 5.65 Å². The standard InChI is InChI=1S/C17H18N4OS.2H2/c22-15(9-11-3-1-2-4-11)21-17-20-14(10-23-17)12-5-7-18-16-13(12)6-8-19-16;;/h5-8,10-11H,1-4,9H2,(H,18,19)(H,20,21,22);2*1H. The Hall–Kier alpha value is -2.21. The first-order chi connectivity index (χ1) is 11.3. The third-order valence-electron chi connectivity index (χ3n) is 4.44. The van der Waals surface area contributed by atoms with Crippen LogP contribution in [0.25, 0.3) is 22.3 Å². The Balaban J connectivity index is 0.00000113. The van der Waals surface area contributed by atoms with Crippen LogP contribution in [-0.4, -0.2) is 20.9 Å². The minimum absolute atomic E-state index is 0. The minimum Gasteiger partial charge on any atom is -0.346 e. The highest BCUT2D eigenvalue weighted by Crippen LogP contribution is 2.31. The Morgan fingerprint density at radius 2 is 2.26 bits per heavy atom.